The summed E-state index contributed by atoms with van der Waals surface area (Å²) in [5.41, 5.74) is 5.36. The Labute approximate surface area is 193 Å². The Morgan fingerprint density at radius 2 is 1.79 bits per heavy atom. The van der Waals surface area contributed by atoms with Gasteiger partial charge in [0.15, 0.2) is 0 Å². The van der Waals surface area contributed by atoms with Crippen LogP contribution in [-0.4, -0.2) is 20.2 Å². The first-order chi connectivity index (χ1) is 16.3. The van der Waals surface area contributed by atoms with Crippen LogP contribution in [0.25, 0.3) is 11.1 Å². The van der Waals surface area contributed by atoms with Crippen LogP contribution in [0.4, 0.5) is 13.2 Å². The van der Waals surface area contributed by atoms with Crippen molar-refractivity contribution in [2.24, 2.45) is 4.99 Å². The van der Waals surface area contributed by atoms with E-state index in [1.54, 1.807) is 18.5 Å². The Morgan fingerprint density at radius 1 is 0.971 bits per heavy atom. The molecule has 3 aromatic heterocycles. The van der Waals surface area contributed by atoms with Crippen molar-refractivity contribution in [3.63, 3.8) is 0 Å². The number of aliphatic imine (C=N–C) groups is 1. The Balaban J connectivity index is 1.43. The molecular weight excluding hydrogens is 441 g/mol. The summed E-state index contributed by atoms with van der Waals surface area (Å²) in [4.78, 5) is 25.3. The summed E-state index contributed by atoms with van der Waals surface area (Å²) in [6.45, 7) is 2.48. The predicted molar refractivity (Wildman–Crippen MR) is 123 cm³/mol. The maximum absolute atomic E-state index is 12.9. The van der Waals surface area contributed by atoms with Gasteiger partial charge >= 0.3 is 6.18 Å². The third-order valence-corrected chi connectivity index (χ3v) is 5.70. The summed E-state index contributed by atoms with van der Waals surface area (Å²) < 4.78 is 40.1. The molecule has 5 rings (SSSR count). The normalized spacial score (nSPS) is 13.0. The topological polar surface area (TPSA) is 60.1 Å². The van der Waals surface area contributed by atoms with E-state index in [2.05, 4.69) is 15.0 Å². The van der Waals surface area contributed by atoms with Gasteiger partial charge in [-0.15, -0.1) is 0 Å². The van der Waals surface area contributed by atoms with Crippen LogP contribution in [0, 0.1) is 6.92 Å². The van der Waals surface area contributed by atoms with Crippen LogP contribution in [0.2, 0.25) is 0 Å². The number of alkyl halides is 3. The Hall–Kier alpha value is -4.07. The lowest BCUT2D eigenvalue weighted by Gasteiger charge is -2.11. The van der Waals surface area contributed by atoms with E-state index >= 15 is 0 Å². The van der Waals surface area contributed by atoms with Crippen LogP contribution in [0.1, 0.15) is 33.8 Å². The first-order valence-corrected chi connectivity index (χ1v) is 10.6. The molecule has 0 bridgehead atoms. The molecule has 0 saturated carbocycles. The van der Waals surface area contributed by atoms with Gasteiger partial charge in [0.05, 0.1) is 24.5 Å². The molecule has 0 amide bonds. The first kappa shape index (κ1) is 21.8. The fourth-order valence-corrected chi connectivity index (χ4v) is 4.02. The Kier molecular flexibility index (Phi) is 5.36. The zero-order valence-corrected chi connectivity index (χ0v) is 18.2. The molecule has 0 fully saturated rings. The highest BCUT2D eigenvalue weighted by Gasteiger charge is 2.32. The van der Waals surface area contributed by atoms with Gasteiger partial charge in [-0.05, 0) is 60.0 Å². The molecule has 170 valence electrons. The summed E-state index contributed by atoms with van der Waals surface area (Å²) in [5, 5.41) is 0. The van der Waals surface area contributed by atoms with Crippen LogP contribution in [0.5, 0.6) is 0 Å². The summed E-state index contributed by atoms with van der Waals surface area (Å²) in [6, 6.07) is 16.8. The Bertz CT molecular complexity index is 1490. The number of aryl methyl sites for hydroxylation is 1. The molecule has 0 saturated heterocycles. The highest BCUT2D eigenvalue weighted by atomic mass is 19.4. The number of pyridine rings is 3. The molecule has 1 aliphatic heterocycles. The van der Waals surface area contributed by atoms with Gasteiger partial charge in [0.2, 0.25) is 0 Å². The number of halogens is 3. The second-order valence-electron chi connectivity index (χ2n) is 8.12. The number of hydrogen-bond acceptors (Lipinski definition) is 4. The average Bonchev–Trinajstić information content (AvgIpc) is 3.23. The van der Waals surface area contributed by atoms with Crippen molar-refractivity contribution in [1.29, 1.82) is 0 Å². The molecule has 1 aliphatic rings. The van der Waals surface area contributed by atoms with Gasteiger partial charge in [0.1, 0.15) is 5.69 Å². The zero-order valence-electron chi connectivity index (χ0n) is 18.2. The summed E-state index contributed by atoms with van der Waals surface area (Å²) >= 11 is 0. The van der Waals surface area contributed by atoms with Crippen molar-refractivity contribution in [3.05, 3.63) is 117 Å². The second-order valence-corrected chi connectivity index (χ2v) is 8.12. The van der Waals surface area contributed by atoms with Crippen molar-refractivity contribution >= 4 is 5.71 Å². The summed E-state index contributed by atoms with van der Waals surface area (Å²) in [5.74, 6) is 0. The number of benzene rings is 1. The monoisotopic (exact) mass is 460 g/mol. The minimum atomic E-state index is -4.53. The van der Waals surface area contributed by atoms with E-state index < -0.39 is 11.9 Å². The van der Waals surface area contributed by atoms with Crippen LogP contribution < -0.4 is 5.56 Å². The lowest BCUT2D eigenvalue weighted by atomic mass is 9.96. The van der Waals surface area contributed by atoms with Crippen LogP contribution in [0.3, 0.4) is 0 Å². The standard InChI is InChI=1S/C26H19F3N4O/c1-16-11-19(7-9-30-16)25-22-12-17(5-6-20(22)14-31-25)18-8-10-33(24(34)13-18)15-21-3-2-4-23(32-21)26(27,28)29/h2-13H,14-15H2,1H3. The quantitative estimate of drug-likeness (QED) is 0.429. The molecule has 4 heterocycles. The molecule has 34 heavy (non-hydrogen) atoms. The van der Waals surface area contributed by atoms with Gasteiger partial charge < -0.3 is 4.57 Å². The average molecular weight is 460 g/mol. The molecule has 0 spiro atoms. The molecule has 1 aromatic carbocycles. The molecular formula is C26H19F3N4O. The molecule has 0 unspecified atom stereocenters. The lowest BCUT2D eigenvalue weighted by Crippen LogP contribution is -2.20. The first-order valence-electron chi connectivity index (χ1n) is 10.6. The van der Waals surface area contributed by atoms with Crippen molar-refractivity contribution in [3.8, 4) is 11.1 Å². The molecule has 5 nitrogen and oxygen atoms in total. The van der Waals surface area contributed by atoms with E-state index in [1.165, 1.54) is 22.8 Å². The zero-order chi connectivity index (χ0) is 23.9. The number of fused-ring (bicyclic) bond motifs is 1. The maximum atomic E-state index is 12.9. The SMILES string of the molecule is Cc1cc(C2=NCc3ccc(-c4ccn(Cc5cccc(C(F)(F)F)n5)c(=O)c4)cc32)ccn1. The van der Waals surface area contributed by atoms with Crippen LogP contribution >= 0.6 is 0 Å². The molecule has 0 N–H and O–H groups in total. The van der Waals surface area contributed by atoms with Crippen molar-refractivity contribution in [2.45, 2.75) is 26.2 Å². The van der Waals surface area contributed by atoms with E-state index in [0.717, 1.165) is 45.3 Å². The van der Waals surface area contributed by atoms with Crippen LogP contribution in [0.15, 0.2) is 82.8 Å². The highest BCUT2D eigenvalue weighted by molar-refractivity contribution is 6.15. The van der Waals surface area contributed by atoms with E-state index in [0.29, 0.717) is 6.54 Å². The molecule has 4 aromatic rings. The molecule has 0 atom stereocenters. The van der Waals surface area contributed by atoms with Gasteiger partial charge in [0, 0.05) is 35.3 Å². The smallest absolute Gasteiger partial charge is 0.309 e. The van der Waals surface area contributed by atoms with Crippen molar-refractivity contribution < 1.29 is 13.2 Å². The highest BCUT2D eigenvalue weighted by Crippen LogP contribution is 2.29. The van der Waals surface area contributed by atoms with E-state index in [1.807, 2.05) is 37.3 Å². The number of rotatable bonds is 4. The fourth-order valence-electron chi connectivity index (χ4n) is 4.02. The van der Waals surface area contributed by atoms with E-state index in [9.17, 15) is 18.0 Å². The molecule has 0 aliphatic carbocycles. The van der Waals surface area contributed by atoms with E-state index in [-0.39, 0.29) is 17.8 Å². The van der Waals surface area contributed by atoms with E-state index in [4.69, 9.17) is 0 Å². The lowest BCUT2D eigenvalue weighted by molar-refractivity contribution is -0.141. The minimum Gasteiger partial charge on any atom is -0.309 e. The largest absolute Gasteiger partial charge is 0.433 e. The Morgan fingerprint density at radius 3 is 2.56 bits per heavy atom. The van der Waals surface area contributed by atoms with Gasteiger partial charge in [-0.2, -0.15) is 13.2 Å². The summed E-state index contributed by atoms with van der Waals surface area (Å²) in [7, 11) is 0. The van der Waals surface area contributed by atoms with Gasteiger partial charge in [-0.3, -0.25) is 14.8 Å². The van der Waals surface area contributed by atoms with Gasteiger partial charge in [0.25, 0.3) is 5.56 Å². The summed E-state index contributed by atoms with van der Waals surface area (Å²) in [6.07, 6.45) is -1.20. The predicted octanol–water partition coefficient (Wildman–Crippen LogP) is 5.03. The molecule has 0 radical (unpaired) electrons. The van der Waals surface area contributed by atoms with Crippen LogP contribution in [-0.2, 0) is 19.3 Å². The van der Waals surface area contributed by atoms with Crippen molar-refractivity contribution in [1.82, 2.24) is 14.5 Å². The second kappa shape index (κ2) is 8.37. The molecule has 8 heteroatoms. The third kappa shape index (κ3) is 4.26. The van der Waals surface area contributed by atoms with Crippen molar-refractivity contribution in [2.75, 3.05) is 0 Å². The number of aromatic nitrogens is 3. The van der Waals surface area contributed by atoms with Gasteiger partial charge in [-0.1, -0.05) is 18.2 Å². The number of hydrogen-bond donors (Lipinski definition) is 0. The minimum absolute atomic E-state index is 0.0502. The van der Waals surface area contributed by atoms with Gasteiger partial charge in [-0.25, -0.2) is 4.98 Å². The maximum Gasteiger partial charge on any atom is 0.433 e. The fraction of sp³-hybridized carbons (Fsp3) is 0.154. The number of nitrogens with zero attached hydrogens (tertiary/aromatic N) is 4. The third-order valence-electron chi connectivity index (χ3n) is 5.70.